The number of hydrogen-bond acceptors (Lipinski definition) is 4. The van der Waals surface area contributed by atoms with Crippen LogP contribution in [0.4, 0.5) is 0 Å². The lowest BCUT2D eigenvalue weighted by atomic mass is 9.71. The molecule has 2 aliphatic rings. The predicted molar refractivity (Wildman–Crippen MR) is 103 cm³/mol. The fourth-order valence-electron chi connectivity index (χ4n) is 3.95. The topological polar surface area (TPSA) is 67.6 Å². The van der Waals surface area contributed by atoms with Crippen LogP contribution in [0.5, 0.6) is 0 Å². The number of rotatable bonds is 6. The number of carbonyl (C=O) groups is 1. The zero-order chi connectivity index (χ0) is 16.1. The number of ether oxygens (including phenoxy) is 1. The SMILES string of the molecule is CN(C)C1(CNC(=O)CC2(CN)CCCCC2)CCOCC1.Cl.Cl. The Morgan fingerprint density at radius 1 is 1.08 bits per heavy atom. The molecule has 0 radical (unpaired) electrons. The van der Waals surface area contributed by atoms with Gasteiger partial charge >= 0.3 is 0 Å². The van der Waals surface area contributed by atoms with Crippen LogP contribution in [0.1, 0.15) is 51.4 Å². The van der Waals surface area contributed by atoms with E-state index in [2.05, 4.69) is 24.3 Å². The summed E-state index contributed by atoms with van der Waals surface area (Å²) in [5.41, 5.74) is 6.08. The predicted octanol–water partition coefficient (Wildman–Crippen LogP) is 2.36. The third kappa shape index (κ3) is 6.03. The Morgan fingerprint density at radius 2 is 1.67 bits per heavy atom. The lowest BCUT2D eigenvalue weighted by molar-refractivity contribution is -0.125. The third-order valence-electron chi connectivity index (χ3n) is 5.87. The van der Waals surface area contributed by atoms with E-state index in [0.29, 0.717) is 19.5 Å². The number of nitrogens with zero attached hydrogens (tertiary/aromatic N) is 1. The van der Waals surface area contributed by atoms with E-state index in [1.807, 2.05) is 0 Å². The molecule has 3 N–H and O–H groups in total. The summed E-state index contributed by atoms with van der Waals surface area (Å²) >= 11 is 0. The van der Waals surface area contributed by atoms with E-state index in [-0.39, 0.29) is 41.7 Å². The molecule has 2 rings (SSSR count). The van der Waals surface area contributed by atoms with Gasteiger partial charge in [0.05, 0.1) is 0 Å². The molecule has 0 aromatic carbocycles. The molecule has 24 heavy (non-hydrogen) atoms. The molecular formula is C17H35Cl2N3O2. The van der Waals surface area contributed by atoms with Gasteiger partial charge in [-0.25, -0.2) is 0 Å². The van der Waals surface area contributed by atoms with Gasteiger partial charge in [0.2, 0.25) is 5.91 Å². The number of hydrogen-bond donors (Lipinski definition) is 2. The Hall–Kier alpha value is -0.0700. The van der Waals surface area contributed by atoms with Crippen molar-refractivity contribution < 1.29 is 9.53 Å². The Morgan fingerprint density at radius 3 is 2.17 bits per heavy atom. The standard InChI is InChI=1S/C17H33N3O2.2ClH/c1-20(2)17(8-10-22-11-9-17)14-19-15(21)12-16(13-18)6-4-3-5-7-16;;/h3-14,18H2,1-2H3,(H,19,21);2*1H. The molecule has 0 unspecified atom stereocenters. The maximum Gasteiger partial charge on any atom is 0.220 e. The minimum Gasteiger partial charge on any atom is -0.381 e. The molecule has 0 aromatic rings. The highest BCUT2D eigenvalue weighted by atomic mass is 35.5. The molecular weight excluding hydrogens is 349 g/mol. The lowest BCUT2D eigenvalue weighted by Crippen LogP contribution is -2.56. The summed E-state index contributed by atoms with van der Waals surface area (Å²) in [7, 11) is 4.19. The van der Waals surface area contributed by atoms with Crippen LogP contribution in [-0.2, 0) is 9.53 Å². The van der Waals surface area contributed by atoms with Gasteiger partial charge in [-0.2, -0.15) is 0 Å². The monoisotopic (exact) mass is 383 g/mol. The van der Waals surface area contributed by atoms with E-state index >= 15 is 0 Å². The smallest absolute Gasteiger partial charge is 0.220 e. The second-order valence-electron chi connectivity index (χ2n) is 7.45. The van der Waals surface area contributed by atoms with E-state index in [0.717, 1.165) is 38.9 Å². The van der Waals surface area contributed by atoms with Crippen molar-refractivity contribution in [1.82, 2.24) is 10.2 Å². The summed E-state index contributed by atoms with van der Waals surface area (Å²) in [5, 5.41) is 3.19. The van der Waals surface area contributed by atoms with Gasteiger partial charge in [0.1, 0.15) is 0 Å². The first-order valence-corrected chi connectivity index (χ1v) is 8.74. The molecule has 2 fully saturated rings. The van der Waals surface area contributed by atoms with Crippen LogP contribution < -0.4 is 11.1 Å². The lowest BCUT2D eigenvalue weighted by Gasteiger charge is -2.43. The number of amides is 1. The zero-order valence-corrected chi connectivity index (χ0v) is 16.8. The summed E-state index contributed by atoms with van der Waals surface area (Å²) < 4.78 is 5.48. The van der Waals surface area contributed by atoms with Gasteiger partial charge in [-0.3, -0.25) is 4.79 Å². The number of likely N-dealkylation sites (N-methyl/N-ethyl adjacent to an activating group) is 1. The summed E-state index contributed by atoms with van der Waals surface area (Å²) in [4.78, 5) is 14.7. The molecule has 5 nitrogen and oxygen atoms in total. The normalized spacial score (nSPS) is 22.2. The van der Waals surface area contributed by atoms with Gasteiger partial charge in [0.15, 0.2) is 0 Å². The van der Waals surface area contributed by atoms with Crippen molar-refractivity contribution in [2.75, 3.05) is 40.4 Å². The van der Waals surface area contributed by atoms with E-state index in [9.17, 15) is 4.79 Å². The summed E-state index contributed by atoms with van der Waals surface area (Å²) in [6.07, 6.45) is 8.45. The van der Waals surface area contributed by atoms with Crippen molar-refractivity contribution in [3.63, 3.8) is 0 Å². The van der Waals surface area contributed by atoms with Crippen molar-refractivity contribution in [2.24, 2.45) is 11.1 Å². The molecule has 1 saturated carbocycles. The van der Waals surface area contributed by atoms with Gasteiger partial charge < -0.3 is 20.7 Å². The van der Waals surface area contributed by atoms with Crippen molar-refractivity contribution in [2.45, 2.75) is 56.9 Å². The molecule has 1 aliphatic heterocycles. The number of nitrogens with one attached hydrogen (secondary N) is 1. The van der Waals surface area contributed by atoms with Crippen LogP contribution in [0.2, 0.25) is 0 Å². The fraction of sp³-hybridized carbons (Fsp3) is 0.941. The second-order valence-corrected chi connectivity index (χ2v) is 7.45. The largest absolute Gasteiger partial charge is 0.381 e. The van der Waals surface area contributed by atoms with Gasteiger partial charge in [0.25, 0.3) is 0 Å². The molecule has 144 valence electrons. The molecule has 0 atom stereocenters. The Balaban J connectivity index is 0.00000264. The fourth-order valence-corrected chi connectivity index (χ4v) is 3.95. The maximum atomic E-state index is 12.5. The Kier molecular flexibility index (Phi) is 10.8. The molecule has 0 aromatic heterocycles. The number of nitrogens with two attached hydrogens (primary N) is 1. The van der Waals surface area contributed by atoms with E-state index in [1.54, 1.807) is 0 Å². The first-order chi connectivity index (χ1) is 10.5. The van der Waals surface area contributed by atoms with Crippen LogP contribution in [0.15, 0.2) is 0 Å². The van der Waals surface area contributed by atoms with Crippen molar-refractivity contribution in [3.05, 3.63) is 0 Å². The van der Waals surface area contributed by atoms with Crippen molar-refractivity contribution in [3.8, 4) is 0 Å². The highest BCUT2D eigenvalue weighted by molar-refractivity contribution is 5.85. The number of carbonyl (C=O) groups excluding carboxylic acids is 1. The van der Waals surface area contributed by atoms with Gasteiger partial charge in [-0.05, 0) is 51.7 Å². The molecule has 1 heterocycles. The van der Waals surface area contributed by atoms with Crippen molar-refractivity contribution >= 4 is 30.7 Å². The Labute approximate surface area is 159 Å². The third-order valence-corrected chi connectivity index (χ3v) is 5.87. The van der Waals surface area contributed by atoms with Crippen LogP contribution in [0, 0.1) is 5.41 Å². The second kappa shape index (κ2) is 10.8. The average Bonchev–Trinajstić information content (AvgIpc) is 2.54. The highest BCUT2D eigenvalue weighted by Gasteiger charge is 2.37. The van der Waals surface area contributed by atoms with E-state index in [4.69, 9.17) is 10.5 Å². The van der Waals surface area contributed by atoms with Gasteiger partial charge in [0, 0.05) is 31.7 Å². The van der Waals surface area contributed by atoms with Crippen LogP contribution in [0.25, 0.3) is 0 Å². The minimum atomic E-state index is 0. The van der Waals surface area contributed by atoms with Crippen LogP contribution in [-0.4, -0.2) is 56.7 Å². The van der Waals surface area contributed by atoms with Gasteiger partial charge in [-0.1, -0.05) is 19.3 Å². The van der Waals surface area contributed by atoms with E-state index in [1.165, 1.54) is 19.3 Å². The maximum absolute atomic E-state index is 12.5. The van der Waals surface area contributed by atoms with E-state index < -0.39 is 0 Å². The van der Waals surface area contributed by atoms with Crippen LogP contribution in [0.3, 0.4) is 0 Å². The zero-order valence-electron chi connectivity index (χ0n) is 15.1. The Bertz CT molecular complexity index is 369. The minimum absolute atomic E-state index is 0. The average molecular weight is 384 g/mol. The molecule has 0 spiro atoms. The van der Waals surface area contributed by atoms with Gasteiger partial charge in [-0.15, -0.1) is 24.8 Å². The molecule has 1 amide bonds. The summed E-state index contributed by atoms with van der Waals surface area (Å²) in [5.74, 6) is 0.167. The molecule has 7 heteroatoms. The molecule has 1 saturated heterocycles. The van der Waals surface area contributed by atoms with Crippen molar-refractivity contribution in [1.29, 1.82) is 0 Å². The first kappa shape index (κ1) is 23.9. The van der Waals surface area contributed by atoms with Crippen LogP contribution >= 0.6 is 24.8 Å². The summed E-state index contributed by atoms with van der Waals surface area (Å²) in [6.45, 7) is 2.90. The molecule has 0 bridgehead atoms. The summed E-state index contributed by atoms with van der Waals surface area (Å²) in [6, 6.07) is 0. The number of halogens is 2. The molecule has 1 aliphatic carbocycles. The highest BCUT2D eigenvalue weighted by Crippen LogP contribution is 2.38. The first-order valence-electron chi connectivity index (χ1n) is 8.74. The quantitative estimate of drug-likeness (QED) is 0.738.